The zero-order valence-corrected chi connectivity index (χ0v) is 12.4. The number of rotatable bonds is 4. The van der Waals surface area contributed by atoms with Gasteiger partial charge < -0.3 is 14.4 Å². The molecule has 2 aliphatic heterocycles. The van der Waals surface area contributed by atoms with Crippen molar-refractivity contribution in [2.24, 2.45) is 0 Å². The largest absolute Gasteiger partial charge is 0.497 e. The Hall–Kier alpha value is -2.50. The van der Waals surface area contributed by atoms with Gasteiger partial charge in [-0.05, 0) is 24.1 Å². The molecule has 0 radical (unpaired) electrons. The van der Waals surface area contributed by atoms with Crippen LogP contribution in [0.4, 0.5) is 0 Å². The van der Waals surface area contributed by atoms with E-state index in [1.807, 2.05) is 29.2 Å². The van der Waals surface area contributed by atoms with E-state index in [1.165, 1.54) is 4.90 Å². The van der Waals surface area contributed by atoms with Crippen LogP contribution in [0.1, 0.15) is 18.4 Å². The fraction of sp³-hybridized carbons (Fsp3) is 0.375. The second kappa shape index (κ2) is 6.09. The van der Waals surface area contributed by atoms with Gasteiger partial charge in [0, 0.05) is 12.6 Å². The van der Waals surface area contributed by atoms with Crippen molar-refractivity contribution in [3.63, 3.8) is 0 Å². The van der Waals surface area contributed by atoms with Gasteiger partial charge in [0.05, 0.1) is 13.7 Å². The number of nitrogens with zero attached hydrogens (tertiary/aromatic N) is 2. The minimum Gasteiger partial charge on any atom is -0.497 e. The molecule has 1 saturated heterocycles. The van der Waals surface area contributed by atoms with E-state index in [2.05, 4.69) is 0 Å². The number of ether oxygens (including phenoxy) is 2. The van der Waals surface area contributed by atoms with Gasteiger partial charge in [-0.25, -0.2) is 0 Å². The van der Waals surface area contributed by atoms with E-state index in [-0.39, 0.29) is 24.4 Å². The number of likely N-dealkylation sites (tertiary alicyclic amines) is 1. The van der Waals surface area contributed by atoms with Crippen LogP contribution < -0.4 is 4.74 Å². The van der Waals surface area contributed by atoms with Crippen molar-refractivity contribution in [1.82, 2.24) is 9.80 Å². The van der Waals surface area contributed by atoms with E-state index in [0.29, 0.717) is 19.6 Å². The van der Waals surface area contributed by atoms with Gasteiger partial charge >= 0.3 is 0 Å². The lowest BCUT2D eigenvalue weighted by Crippen LogP contribution is -2.52. The Labute approximate surface area is 128 Å². The standard InChI is InChI=1S/C16H18N2O4/c1-21-13-4-2-12(3-5-13)10-18-15(19)7-6-14(16(18)20)17-8-9-22-11-17/h2-5,8-9,14H,6-7,10-11H2,1H3. The minimum absolute atomic E-state index is 0.124. The molecule has 116 valence electrons. The first-order valence-electron chi connectivity index (χ1n) is 7.20. The van der Waals surface area contributed by atoms with Crippen LogP contribution in [0.3, 0.4) is 0 Å². The van der Waals surface area contributed by atoms with Crippen LogP contribution in [-0.4, -0.2) is 41.5 Å². The Morgan fingerprint density at radius 1 is 1.27 bits per heavy atom. The summed E-state index contributed by atoms with van der Waals surface area (Å²) in [5.41, 5.74) is 0.899. The van der Waals surface area contributed by atoms with Crippen molar-refractivity contribution in [2.45, 2.75) is 25.4 Å². The number of piperidine rings is 1. The summed E-state index contributed by atoms with van der Waals surface area (Å²) in [4.78, 5) is 27.9. The van der Waals surface area contributed by atoms with E-state index < -0.39 is 0 Å². The quantitative estimate of drug-likeness (QED) is 0.788. The first kappa shape index (κ1) is 14.4. The smallest absolute Gasteiger partial charge is 0.252 e. The van der Waals surface area contributed by atoms with Gasteiger partial charge in [0.15, 0.2) is 6.73 Å². The molecule has 2 aliphatic rings. The number of carbonyl (C=O) groups excluding carboxylic acids is 2. The van der Waals surface area contributed by atoms with E-state index in [9.17, 15) is 9.59 Å². The van der Waals surface area contributed by atoms with E-state index in [4.69, 9.17) is 9.47 Å². The first-order valence-corrected chi connectivity index (χ1v) is 7.20. The molecule has 1 aromatic carbocycles. The molecule has 1 unspecified atom stereocenters. The van der Waals surface area contributed by atoms with Crippen molar-refractivity contribution in [2.75, 3.05) is 13.8 Å². The van der Waals surface area contributed by atoms with Crippen LogP contribution in [-0.2, 0) is 20.9 Å². The number of methoxy groups -OCH3 is 1. The maximum absolute atomic E-state index is 12.6. The zero-order valence-electron chi connectivity index (χ0n) is 12.4. The molecule has 6 nitrogen and oxygen atoms in total. The van der Waals surface area contributed by atoms with E-state index in [0.717, 1.165) is 11.3 Å². The molecule has 3 rings (SSSR count). The van der Waals surface area contributed by atoms with E-state index in [1.54, 1.807) is 19.6 Å². The highest BCUT2D eigenvalue weighted by atomic mass is 16.5. The Morgan fingerprint density at radius 2 is 2.05 bits per heavy atom. The number of amides is 2. The molecule has 1 fully saturated rings. The molecular weight excluding hydrogens is 284 g/mol. The summed E-state index contributed by atoms with van der Waals surface area (Å²) < 4.78 is 10.3. The molecule has 2 amide bonds. The summed E-state index contributed by atoms with van der Waals surface area (Å²) in [5.74, 6) is 0.459. The Morgan fingerprint density at radius 3 is 2.68 bits per heavy atom. The number of carbonyl (C=O) groups is 2. The molecule has 0 bridgehead atoms. The number of benzene rings is 1. The molecule has 22 heavy (non-hydrogen) atoms. The highest BCUT2D eigenvalue weighted by Gasteiger charge is 2.37. The normalized spacial score (nSPS) is 21.2. The maximum atomic E-state index is 12.6. The topological polar surface area (TPSA) is 59.1 Å². The fourth-order valence-corrected chi connectivity index (χ4v) is 2.70. The summed E-state index contributed by atoms with van der Waals surface area (Å²) in [7, 11) is 1.60. The van der Waals surface area contributed by atoms with Gasteiger partial charge in [-0.2, -0.15) is 0 Å². The first-order chi connectivity index (χ1) is 10.7. The van der Waals surface area contributed by atoms with Crippen molar-refractivity contribution in [1.29, 1.82) is 0 Å². The molecule has 0 saturated carbocycles. The molecule has 1 aromatic rings. The van der Waals surface area contributed by atoms with Crippen LogP contribution in [0.5, 0.6) is 5.75 Å². The van der Waals surface area contributed by atoms with Crippen molar-refractivity contribution < 1.29 is 19.1 Å². The predicted octanol–water partition coefficient (Wildman–Crippen LogP) is 1.47. The van der Waals surface area contributed by atoms with Crippen molar-refractivity contribution in [3.05, 3.63) is 42.3 Å². The summed E-state index contributed by atoms with van der Waals surface area (Å²) in [6.07, 6.45) is 4.23. The van der Waals surface area contributed by atoms with Crippen LogP contribution >= 0.6 is 0 Å². The maximum Gasteiger partial charge on any atom is 0.252 e. The number of imide groups is 1. The minimum atomic E-state index is -0.324. The third kappa shape index (κ3) is 2.77. The molecular formula is C16H18N2O4. The van der Waals surface area contributed by atoms with E-state index >= 15 is 0 Å². The molecule has 2 heterocycles. The third-order valence-corrected chi connectivity index (χ3v) is 3.96. The van der Waals surface area contributed by atoms with Crippen LogP contribution in [0, 0.1) is 0 Å². The number of hydrogen-bond acceptors (Lipinski definition) is 5. The molecule has 0 spiro atoms. The summed E-state index contributed by atoms with van der Waals surface area (Å²) >= 11 is 0. The second-order valence-corrected chi connectivity index (χ2v) is 5.32. The Balaban J connectivity index is 1.73. The average Bonchev–Trinajstić information content (AvgIpc) is 3.06. The highest BCUT2D eigenvalue weighted by molar-refractivity contribution is 6.00. The zero-order chi connectivity index (χ0) is 15.5. The van der Waals surface area contributed by atoms with Crippen LogP contribution in [0.2, 0.25) is 0 Å². The summed E-state index contributed by atoms with van der Waals surface area (Å²) in [6.45, 7) is 0.650. The molecule has 0 N–H and O–H groups in total. The van der Waals surface area contributed by atoms with Gasteiger partial charge in [0.1, 0.15) is 18.1 Å². The lowest BCUT2D eigenvalue weighted by Gasteiger charge is -2.34. The third-order valence-electron chi connectivity index (χ3n) is 3.96. The predicted molar refractivity (Wildman–Crippen MR) is 78.5 cm³/mol. The molecule has 6 heteroatoms. The summed E-state index contributed by atoms with van der Waals surface area (Å²) in [5, 5.41) is 0. The average molecular weight is 302 g/mol. The molecule has 1 atom stereocenters. The lowest BCUT2D eigenvalue weighted by molar-refractivity contribution is -0.153. The van der Waals surface area contributed by atoms with Crippen molar-refractivity contribution >= 4 is 11.8 Å². The Bertz CT molecular complexity index is 597. The summed E-state index contributed by atoms with van der Waals surface area (Å²) in [6, 6.07) is 7.05. The Kier molecular flexibility index (Phi) is 4.00. The fourth-order valence-electron chi connectivity index (χ4n) is 2.70. The lowest BCUT2D eigenvalue weighted by atomic mass is 10.0. The van der Waals surface area contributed by atoms with Crippen LogP contribution in [0.25, 0.3) is 0 Å². The molecule has 0 aromatic heterocycles. The number of hydrogen-bond donors (Lipinski definition) is 0. The van der Waals surface area contributed by atoms with Gasteiger partial charge in [0.25, 0.3) is 5.91 Å². The van der Waals surface area contributed by atoms with Gasteiger partial charge in [-0.3, -0.25) is 14.5 Å². The monoisotopic (exact) mass is 302 g/mol. The van der Waals surface area contributed by atoms with Gasteiger partial charge in [-0.15, -0.1) is 0 Å². The van der Waals surface area contributed by atoms with Crippen molar-refractivity contribution in [3.8, 4) is 5.75 Å². The van der Waals surface area contributed by atoms with Gasteiger partial charge in [0.2, 0.25) is 5.91 Å². The van der Waals surface area contributed by atoms with Gasteiger partial charge in [-0.1, -0.05) is 12.1 Å². The SMILES string of the molecule is COc1ccc(CN2C(=O)CCC(N3C=COC3)C2=O)cc1. The highest BCUT2D eigenvalue weighted by Crippen LogP contribution is 2.23. The van der Waals surface area contributed by atoms with Crippen LogP contribution in [0.15, 0.2) is 36.7 Å². The second-order valence-electron chi connectivity index (χ2n) is 5.32. The molecule has 0 aliphatic carbocycles.